The maximum absolute atomic E-state index is 12.5. The van der Waals surface area contributed by atoms with Gasteiger partial charge in [-0.2, -0.15) is 0 Å². The van der Waals surface area contributed by atoms with Crippen LogP contribution in [0.15, 0.2) is 18.2 Å². The van der Waals surface area contributed by atoms with Gasteiger partial charge in [-0.05, 0) is 31.0 Å². The smallest absolute Gasteiger partial charge is 0.253 e. The summed E-state index contributed by atoms with van der Waals surface area (Å²) in [4.78, 5) is 25.3. The lowest BCUT2D eigenvalue weighted by Crippen LogP contribution is -2.46. The Morgan fingerprint density at radius 3 is 2.57 bits per heavy atom. The SMILES string of the molecule is COc1cc(C(=O)N2CCC(NC(C)=O)CC2)ccc1N. The number of anilines is 1. The van der Waals surface area contributed by atoms with Gasteiger partial charge < -0.3 is 20.7 Å². The highest BCUT2D eigenvalue weighted by molar-refractivity contribution is 5.95. The molecule has 1 aliphatic heterocycles. The van der Waals surface area contributed by atoms with Crippen molar-refractivity contribution in [1.82, 2.24) is 10.2 Å². The van der Waals surface area contributed by atoms with Gasteiger partial charge in [0.05, 0.1) is 12.8 Å². The summed E-state index contributed by atoms with van der Waals surface area (Å²) in [5, 5.41) is 2.89. The number of nitrogens with one attached hydrogen (secondary N) is 1. The molecule has 1 aromatic rings. The average Bonchev–Trinajstić information content (AvgIpc) is 2.47. The molecule has 2 rings (SSSR count). The number of nitrogen functional groups attached to an aromatic ring is 1. The van der Waals surface area contributed by atoms with Crippen LogP contribution < -0.4 is 15.8 Å². The fourth-order valence-corrected chi connectivity index (χ4v) is 2.54. The third kappa shape index (κ3) is 3.65. The average molecular weight is 291 g/mol. The van der Waals surface area contributed by atoms with Crippen LogP contribution in [-0.4, -0.2) is 43.0 Å². The van der Waals surface area contributed by atoms with Crippen LogP contribution >= 0.6 is 0 Å². The van der Waals surface area contributed by atoms with E-state index in [4.69, 9.17) is 10.5 Å². The third-order valence-electron chi connectivity index (χ3n) is 3.67. The molecule has 0 saturated carbocycles. The monoisotopic (exact) mass is 291 g/mol. The number of benzene rings is 1. The van der Waals surface area contributed by atoms with Gasteiger partial charge >= 0.3 is 0 Å². The van der Waals surface area contributed by atoms with E-state index in [1.165, 1.54) is 14.0 Å². The van der Waals surface area contributed by atoms with Crippen LogP contribution in [-0.2, 0) is 4.79 Å². The van der Waals surface area contributed by atoms with E-state index in [0.29, 0.717) is 30.1 Å². The highest BCUT2D eigenvalue weighted by Crippen LogP contribution is 2.23. The molecule has 0 atom stereocenters. The molecular weight excluding hydrogens is 270 g/mol. The van der Waals surface area contributed by atoms with Crippen molar-refractivity contribution in [2.75, 3.05) is 25.9 Å². The minimum absolute atomic E-state index is 0.0250. The van der Waals surface area contributed by atoms with Gasteiger partial charge in [0.2, 0.25) is 5.91 Å². The summed E-state index contributed by atoms with van der Waals surface area (Å²) in [5.41, 5.74) is 6.83. The van der Waals surface area contributed by atoms with Crippen molar-refractivity contribution < 1.29 is 14.3 Å². The van der Waals surface area contributed by atoms with Crippen LogP contribution in [0.1, 0.15) is 30.1 Å². The second-order valence-electron chi connectivity index (χ2n) is 5.22. The molecule has 1 fully saturated rings. The van der Waals surface area contributed by atoms with Gasteiger partial charge in [0.1, 0.15) is 5.75 Å². The summed E-state index contributed by atoms with van der Waals surface area (Å²) in [6.45, 7) is 2.78. The molecule has 0 bridgehead atoms. The summed E-state index contributed by atoms with van der Waals surface area (Å²) >= 11 is 0. The molecule has 0 aromatic heterocycles. The topological polar surface area (TPSA) is 84.7 Å². The number of nitrogens with zero attached hydrogens (tertiary/aromatic N) is 1. The van der Waals surface area contributed by atoms with Gasteiger partial charge in [-0.25, -0.2) is 0 Å². The number of carbonyl (C=O) groups is 2. The minimum atomic E-state index is -0.0328. The molecule has 1 aliphatic rings. The lowest BCUT2D eigenvalue weighted by molar-refractivity contribution is -0.119. The fourth-order valence-electron chi connectivity index (χ4n) is 2.54. The Kier molecular flexibility index (Phi) is 4.67. The molecule has 6 nitrogen and oxygen atoms in total. The normalized spacial score (nSPS) is 15.6. The number of carbonyl (C=O) groups excluding carboxylic acids is 2. The number of rotatable bonds is 3. The van der Waals surface area contributed by atoms with Gasteiger partial charge in [-0.15, -0.1) is 0 Å². The van der Waals surface area contributed by atoms with E-state index in [-0.39, 0.29) is 17.9 Å². The lowest BCUT2D eigenvalue weighted by atomic mass is 10.0. The Bertz CT molecular complexity index is 537. The second-order valence-corrected chi connectivity index (χ2v) is 5.22. The van der Waals surface area contributed by atoms with Crippen LogP contribution in [0.3, 0.4) is 0 Å². The van der Waals surface area contributed by atoms with E-state index in [1.54, 1.807) is 23.1 Å². The Labute approximate surface area is 124 Å². The summed E-state index contributed by atoms with van der Waals surface area (Å²) in [7, 11) is 1.53. The van der Waals surface area contributed by atoms with Gasteiger partial charge in [0.15, 0.2) is 0 Å². The van der Waals surface area contributed by atoms with Crippen molar-refractivity contribution in [2.45, 2.75) is 25.8 Å². The Morgan fingerprint density at radius 2 is 2.00 bits per heavy atom. The first-order valence-electron chi connectivity index (χ1n) is 7.01. The molecule has 2 amide bonds. The van der Waals surface area contributed by atoms with Crippen molar-refractivity contribution in [3.63, 3.8) is 0 Å². The van der Waals surface area contributed by atoms with Crippen LogP contribution in [0.5, 0.6) is 5.75 Å². The predicted molar refractivity (Wildman–Crippen MR) is 80.1 cm³/mol. The van der Waals surface area contributed by atoms with Gasteiger partial charge in [-0.3, -0.25) is 9.59 Å². The highest BCUT2D eigenvalue weighted by atomic mass is 16.5. The zero-order valence-corrected chi connectivity index (χ0v) is 12.4. The number of methoxy groups -OCH3 is 1. The molecule has 0 unspecified atom stereocenters. The molecule has 21 heavy (non-hydrogen) atoms. The molecule has 0 aliphatic carbocycles. The number of nitrogens with two attached hydrogens (primary N) is 1. The quantitative estimate of drug-likeness (QED) is 0.814. The summed E-state index contributed by atoms with van der Waals surface area (Å²) < 4.78 is 5.14. The van der Waals surface area contributed by atoms with Crippen molar-refractivity contribution in [3.8, 4) is 5.75 Å². The van der Waals surface area contributed by atoms with Gasteiger partial charge in [0.25, 0.3) is 5.91 Å². The number of piperidine rings is 1. The molecular formula is C15H21N3O3. The van der Waals surface area contributed by atoms with Crippen LogP contribution in [0.25, 0.3) is 0 Å². The van der Waals surface area contributed by atoms with E-state index in [2.05, 4.69) is 5.32 Å². The molecule has 1 heterocycles. The summed E-state index contributed by atoms with van der Waals surface area (Å²) in [6, 6.07) is 5.21. The maximum atomic E-state index is 12.5. The van der Waals surface area contributed by atoms with Crippen molar-refractivity contribution in [3.05, 3.63) is 23.8 Å². The molecule has 1 aromatic carbocycles. The molecule has 3 N–H and O–H groups in total. The van der Waals surface area contributed by atoms with Crippen LogP contribution in [0, 0.1) is 0 Å². The Balaban J connectivity index is 2.00. The van der Waals surface area contributed by atoms with Crippen molar-refractivity contribution >= 4 is 17.5 Å². The van der Waals surface area contributed by atoms with Gasteiger partial charge in [0, 0.05) is 31.6 Å². The molecule has 1 saturated heterocycles. The van der Waals surface area contributed by atoms with E-state index in [9.17, 15) is 9.59 Å². The zero-order chi connectivity index (χ0) is 15.4. The zero-order valence-electron chi connectivity index (χ0n) is 12.4. The van der Waals surface area contributed by atoms with E-state index < -0.39 is 0 Å². The second kappa shape index (κ2) is 6.47. The highest BCUT2D eigenvalue weighted by Gasteiger charge is 2.24. The number of likely N-dealkylation sites (tertiary alicyclic amines) is 1. The largest absolute Gasteiger partial charge is 0.495 e. The number of ether oxygens (including phenoxy) is 1. The molecule has 0 spiro atoms. The maximum Gasteiger partial charge on any atom is 0.253 e. The van der Waals surface area contributed by atoms with Crippen molar-refractivity contribution in [2.24, 2.45) is 0 Å². The Morgan fingerprint density at radius 1 is 1.33 bits per heavy atom. The first-order chi connectivity index (χ1) is 10.0. The molecule has 6 heteroatoms. The fraction of sp³-hybridized carbons (Fsp3) is 0.467. The summed E-state index contributed by atoms with van der Waals surface area (Å²) in [6.07, 6.45) is 1.55. The first kappa shape index (κ1) is 15.2. The van der Waals surface area contributed by atoms with E-state index in [1.807, 2.05) is 0 Å². The van der Waals surface area contributed by atoms with Gasteiger partial charge in [-0.1, -0.05) is 0 Å². The molecule has 114 valence electrons. The minimum Gasteiger partial charge on any atom is -0.495 e. The van der Waals surface area contributed by atoms with Crippen molar-refractivity contribution in [1.29, 1.82) is 0 Å². The first-order valence-corrected chi connectivity index (χ1v) is 7.01. The van der Waals surface area contributed by atoms with Crippen LogP contribution in [0.4, 0.5) is 5.69 Å². The number of amides is 2. The van der Waals surface area contributed by atoms with Crippen LogP contribution in [0.2, 0.25) is 0 Å². The number of hydrogen-bond acceptors (Lipinski definition) is 4. The predicted octanol–water partition coefficient (Wildman–Crippen LogP) is 1.02. The molecule has 0 radical (unpaired) electrons. The summed E-state index contributed by atoms with van der Waals surface area (Å²) in [5.74, 6) is 0.451. The third-order valence-corrected chi connectivity index (χ3v) is 3.67. The Hall–Kier alpha value is -2.24. The standard InChI is InChI=1S/C15H21N3O3/c1-10(19)17-12-5-7-18(8-6-12)15(20)11-3-4-13(16)14(9-11)21-2/h3-4,9,12H,5-8,16H2,1-2H3,(H,17,19). The number of hydrogen-bond donors (Lipinski definition) is 2. The van der Waals surface area contributed by atoms with E-state index in [0.717, 1.165) is 12.8 Å². The lowest BCUT2D eigenvalue weighted by Gasteiger charge is -2.32. The van der Waals surface area contributed by atoms with E-state index >= 15 is 0 Å².